The van der Waals surface area contributed by atoms with Gasteiger partial charge in [0.1, 0.15) is 5.01 Å². The molecule has 0 unspecified atom stereocenters. The van der Waals surface area contributed by atoms with E-state index in [-0.39, 0.29) is 0 Å². The largest absolute Gasteiger partial charge is 0.296 e. The van der Waals surface area contributed by atoms with Gasteiger partial charge < -0.3 is 0 Å². The molecule has 3 heterocycles. The average molecular weight is 360 g/mol. The van der Waals surface area contributed by atoms with Gasteiger partial charge in [0.05, 0.1) is 6.54 Å². The first-order valence-electron chi connectivity index (χ1n) is 8.15. The van der Waals surface area contributed by atoms with Gasteiger partial charge in [-0.15, -0.1) is 10.2 Å². The van der Waals surface area contributed by atoms with Gasteiger partial charge in [0.15, 0.2) is 5.82 Å². The van der Waals surface area contributed by atoms with Crippen LogP contribution in [0.15, 0.2) is 24.3 Å². The molecule has 0 saturated carbocycles. The number of halogens is 1. The van der Waals surface area contributed by atoms with Gasteiger partial charge in [-0.05, 0) is 49.7 Å². The first-order valence-corrected chi connectivity index (χ1v) is 9.34. The second-order valence-corrected chi connectivity index (χ2v) is 7.40. The second-order valence-electron chi connectivity index (χ2n) is 5.97. The summed E-state index contributed by atoms with van der Waals surface area (Å²) in [4.78, 5) is 3.28. The third-order valence-corrected chi connectivity index (χ3v) is 5.29. The zero-order valence-corrected chi connectivity index (χ0v) is 14.8. The van der Waals surface area contributed by atoms with Crippen LogP contribution in [0.1, 0.15) is 35.7 Å². The highest BCUT2D eigenvalue weighted by molar-refractivity contribution is 7.17. The Morgan fingerprint density at radius 2 is 1.83 bits per heavy atom. The average Bonchev–Trinajstić information content (AvgIpc) is 3.17. The highest BCUT2D eigenvalue weighted by Crippen LogP contribution is 2.19. The Bertz CT molecular complexity index is 846. The Kier molecular flexibility index (Phi) is 4.60. The van der Waals surface area contributed by atoms with Crippen LogP contribution in [0.4, 0.5) is 0 Å². The van der Waals surface area contributed by atoms with Crippen LogP contribution in [0, 0.1) is 0 Å². The summed E-state index contributed by atoms with van der Waals surface area (Å²) < 4.78 is 1.88. The minimum Gasteiger partial charge on any atom is -0.296 e. The van der Waals surface area contributed by atoms with Crippen LogP contribution in [0.5, 0.6) is 0 Å². The highest BCUT2D eigenvalue weighted by atomic mass is 35.5. The smallest absolute Gasteiger partial charge is 0.235 e. The van der Waals surface area contributed by atoms with Gasteiger partial charge in [-0.2, -0.15) is 9.61 Å². The van der Waals surface area contributed by atoms with E-state index in [1.165, 1.54) is 19.3 Å². The van der Waals surface area contributed by atoms with E-state index in [0.29, 0.717) is 0 Å². The van der Waals surface area contributed by atoms with E-state index < -0.39 is 0 Å². The summed E-state index contributed by atoms with van der Waals surface area (Å²) in [7, 11) is 0. The number of hydrogen-bond donors (Lipinski definition) is 0. The lowest BCUT2D eigenvalue weighted by Crippen LogP contribution is -2.30. The summed E-state index contributed by atoms with van der Waals surface area (Å²) in [5.74, 6) is 0.925. The van der Waals surface area contributed by atoms with E-state index in [4.69, 9.17) is 11.6 Å². The number of hydrogen-bond acceptors (Lipinski definition) is 5. The molecule has 1 aromatic carbocycles. The van der Waals surface area contributed by atoms with Crippen molar-refractivity contribution in [2.75, 3.05) is 13.1 Å². The molecule has 1 fully saturated rings. The highest BCUT2D eigenvalue weighted by Gasteiger charge is 2.16. The molecule has 0 amide bonds. The zero-order valence-electron chi connectivity index (χ0n) is 13.2. The summed E-state index contributed by atoms with van der Waals surface area (Å²) in [6.45, 7) is 3.11. The molecule has 24 heavy (non-hydrogen) atoms. The van der Waals surface area contributed by atoms with E-state index >= 15 is 0 Å². The van der Waals surface area contributed by atoms with Crippen molar-refractivity contribution in [1.82, 2.24) is 24.7 Å². The molecular formula is C17H18ClN5S. The first-order chi connectivity index (χ1) is 11.8. The molecule has 0 bridgehead atoms. The normalized spacial score (nSPS) is 16.4. The fourth-order valence-corrected chi connectivity index (χ4v) is 3.78. The van der Waals surface area contributed by atoms with E-state index in [0.717, 1.165) is 46.0 Å². The number of nitrogens with zero attached hydrogens (tertiary/aromatic N) is 5. The predicted octanol–water partition coefficient (Wildman–Crippen LogP) is 4.00. The molecule has 1 aliphatic heterocycles. The van der Waals surface area contributed by atoms with Gasteiger partial charge in [0.2, 0.25) is 4.96 Å². The molecule has 3 aromatic rings. The molecule has 1 aliphatic rings. The van der Waals surface area contributed by atoms with Gasteiger partial charge >= 0.3 is 0 Å². The van der Waals surface area contributed by atoms with Crippen LogP contribution >= 0.6 is 22.9 Å². The maximum Gasteiger partial charge on any atom is 0.235 e. The van der Waals surface area contributed by atoms with Crippen molar-refractivity contribution in [2.45, 2.75) is 25.8 Å². The Labute approximate surface area is 149 Å². The molecular weight excluding hydrogens is 342 g/mol. The number of fused-ring (bicyclic) bond motifs is 1. The Hall–Kier alpha value is -1.76. The van der Waals surface area contributed by atoms with Crippen LogP contribution in [-0.2, 0) is 6.54 Å². The van der Waals surface area contributed by atoms with Crippen molar-refractivity contribution in [2.24, 2.45) is 0 Å². The number of benzene rings is 1. The molecule has 124 valence electrons. The predicted molar refractivity (Wildman–Crippen MR) is 98.2 cm³/mol. The van der Waals surface area contributed by atoms with Gasteiger partial charge in [0, 0.05) is 5.02 Å². The molecule has 0 spiro atoms. The maximum absolute atomic E-state index is 5.91. The third-order valence-electron chi connectivity index (χ3n) is 4.17. The van der Waals surface area contributed by atoms with Crippen LogP contribution < -0.4 is 0 Å². The van der Waals surface area contributed by atoms with Gasteiger partial charge in [-0.25, -0.2) is 0 Å². The van der Waals surface area contributed by atoms with Crippen LogP contribution in [-0.4, -0.2) is 37.8 Å². The fourth-order valence-electron chi connectivity index (χ4n) is 2.90. The number of likely N-dealkylation sites (tertiary alicyclic amines) is 1. The fraction of sp³-hybridized carbons (Fsp3) is 0.353. The van der Waals surface area contributed by atoms with Crippen molar-refractivity contribution in [3.05, 3.63) is 45.7 Å². The van der Waals surface area contributed by atoms with Crippen molar-refractivity contribution in [3.63, 3.8) is 0 Å². The van der Waals surface area contributed by atoms with Gasteiger partial charge in [0.25, 0.3) is 0 Å². The molecule has 2 aromatic heterocycles. The quantitative estimate of drug-likeness (QED) is 0.706. The van der Waals surface area contributed by atoms with E-state index in [2.05, 4.69) is 20.2 Å². The van der Waals surface area contributed by atoms with Gasteiger partial charge in [-0.1, -0.05) is 47.6 Å². The van der Waals surface area contributed by atoms with Gasteiger partial charge in [-0.3, -0.25) is 4.90 Å². The summed E-state index contributed by atoms with van der Waals surface area (Å²) in [6, 6.07) is 7.74. The van der Waals surface area contributed by atoms with Crippen molar-refractivity contribution < 1.29 is 0 Å². The molecule has 1 saturated heterocycles. The Morgan fingerprint density at radius 3 is 2.62 bits per heavy atom. The molecule has 7 heteroatoms. The molecule has 5 nitrogen and oxygen atoms in total. The van der Waals surface area contributed by atoms with Crippen LogP contribution in [0.3, 0.4) is 0 Å². The van der Waals surface area contributed by atoms with E-state index in [1.54, 1.807) is 11.3 Å². The molecule has 0 aliphatic carbocycles. The summed E-state index contributed by atoms with van der Waals surface area (Å²) >= 11 is 7.46. The lowest BCUT2D eigenvalue weighted by molar-refractivity contribution is 0.214. The lowest BCUT2D eigenvalue weighted by atomic mass is 10.1. The molecule has 0 radical (unpaired) electrons. The van der Waals surface area contributed by atoms with Crippen molar-refractivity contribution >= 4 is 40.1 Å². The SMILES string of the molecule is Clc1ccc(/C=C/c2nn3c(CN4CCCCC4)nnc3s2)cc1. The standard InChI is InChI=1S/C17H18ClN5S/c18-14-7-4-13(5-8-14)6-9-16-21-23-15(19-20-17(23)24-16)12-22-10-2-1-3-11-22/h4-9H,1-3,10-12H2/b9-6+. The number of piperidine rings is 1. The van der Waals surface area contributed by atoms with Crippen LogP contribution in [0.2, 0.25) is 5.02 Å². The Morgan fingerprint density at radius 1 is 1.04 bits per heavy atom. The topological polar surface area (TPSA) is 46.3 Å². The minimum absolute atomic E-state index is 0.744. The van der Waals surface area contributed by atoms with Crippen molar-refractivity contribution in [1.29, 1.82) is 0 Å². The Balaban J connectivity index is 1.51. The molecule has 0 atom stereocenters. The zero-order chi connectivity index (χ0) is 16.4. The van der Waals surface area contributed by atoms with Crippen LogP contribution in [0.25, 0.3) is 17.1 Å². The summed E-state index contributed by atoms with van der Waals surface area (Å²) in [5.41, 5.74) is 1.10. The summed E-state index contributed by atoms with van der Waals surface area (Å²) in [5, 5.41) is 14.9. The number of rotatable bonds is 4. The minimum atomic E-state index is 0.744. The van der Waals surface area contributed by atoms with E-state index in [1.807, 2.05) is 40.9 Å². The second kappa shape index (κ2) is 7.01. The monoisotopic (exact) mass is 359 g/mol. The third kappa shape index (κ3) is 3.50. The van der Waals surface area contributed by atoms with E-state index in [9.17, 15) is 0 Å². The van der Waals surface area contributed by atoms with Crippen molar-refractivity contribution in [3.8, 4) is 0 Å². The molecule has 4 rings (SSSR count). The number of aromatic nitrogens is 4. The molecule has 0 N–H and O–H groups in total. The first kappa shape index (κ1) is 15.7. The lowest BCUT2D eigenvalue weighted by Gasteiger charge is -2.25. The maximum atomic E-state index is 5.91. The summed E-state index contributed by atoms with van der Waals surface area (Å²) in [6.07, 6.45) is 7.92.